The van der Waals surface area contributed by atoms with Crippen LogP contribution in [0.3, 0.4) is 0 Å². The van der Waals surface area contributed by atoms with Crippen LogP contribution >= 0.6 is 0 Å². The van der Waals surface area contributed by atoms with E-state index < -0.39 is 0 Å². The summed E-state index contributed by atoms with van der Waals surface area (Å²) >= 11 is 0. The van der Waals surface area contributed by atoms with Crippen molar-refractivity contribution in [3.8, 4) is 0 Å². The average Bonchev–Trinajstić information content (AvgIpc) is 2.67. The summed E-state index contributed by atoms with van der Waals surface area (Å²) in [5.74, 6) is 0. The highest BCUT2D eigenvalue weighted by molar-refractivity contribution is 5.41. The van der Waals surface area contributed by atoms with Crippen molar-refractivity contribution in [2.24, 2.45) is 0 Å². The van der Waals surface area contributed by atoms with Crippen LogP contribution in [0.1, 0.15) is 22.7 Å². The summed E-state index contributed by atoms with van der Waals surface area (Å²) in [5, 5.41) is 14.8. The van der Waals surface area contributed by atoms with Crippen molar-refractivity contribution in [1.82, 2.24) is 5.32 Å². The molecule has 0 fully saturated rings. The van der Waals surface area contributed by atoms with Crippen LogP contribution in [0.25, 0.3) is 0 Å². The summed E-state index contributed by atoms with van der Waals surface area (Å²) in [7, 11) is 0. The van der Waals surface area contributed by atoms with Crippen LogP contribution in [0.4, 0.5) is 5.69 Å². The predicted molar refractivity (Wildman–Crippen MR) is 99.3 cm³/mol. The zero-order chi connectivity index (χ0) is 17.5. The van der Waals surface area contributed by atoms with Gasteiger partial charge in [0, 0.05) is 24.2 Å². The minimum atomic E-state index is -0.311. The molecule has 0 aliphatic carbocycles. The molecule has 25 heavy (non-hydrogen) atoms. The molecule has 1 N–H and O–H groups in total. The fraction of sp³-hybridized carbons (Fsp3) is 0.143. The van der Waals surface area contributed by atoms with Crippen LogP contribution in [-0.2, 0) is 13.0 Å². The van der Waals surface area contributed by atoms with E-state index in [4.69, 9.17) is 0 Å². The third kappa shape index (κ3) is 4.52. The van der Waals surface area contributed by atoms with E-state index in [9.17, 15) is 10.1 Å². The van der Waals surface area contributed by atoms with Gasteiger partial charge in [-0.2, -0.15) is 0 Å². The van der Waals surface area contributed by atoms with Crippen LogP contribution < -0.4 is 5.32 Å². The minimum Gasteiger partial charge on any atom is -0.306 e. The number of nitro groups is 1. The molecule has 0 aliphatic heterocycles. The van der Waals surface area contributed by atoms with Crippen molar-refractivity contribution in [3.63, 3.8) is 0 Å². The van der Waals surface area contributed by atoms with Gasteiger partial charge < -0.3 is 5.32 Å². The number of benzene rings is 3. The molecule has 0 saturated heterocycles. The zero-order valence-electron chi connectivity index (χ0n) is 13.8. The number of hydrogen-bond donors (Lipinski definition) is 1. The topological polar surface area (TPSA) is 55.2 Å². The second-order valence-corrected chi connectivity index (χ2v) is 5.92. The lowest BCUT2D eigenvalue weighted by Gasteiger charge is -2.19. The Labute approximate surface area is 147 Å². The van der Waals surface area contributed by atoms with Gasteiger partial charge in [-0.15, -0.1) is 0 Å². The van der Waals surface area contributed by atoms with Gasteiger partial charge in [-0.05, 0) is 17.5 Å². The van der Waals surface area contributed by atoms with Crippen molar-refractivity contribution in [2.75, 3.05) is 0 Å². The lowest BCUT2D eigenvalue weighted by molar-refractivity contribution is -0.385. The third-order valence-corrected chi connectivity index (χ3v) is 4.21. The molecular weight excluding hydrogens is 312 g/mol. The molecule has 0 amide bonds. The van der Waals surface area contributed by atoms with Crippen LogP contribution in [0.2, 0.25) is 0 Å². The summed E-state index contributed by atoms with van der Waals surface area (Å²) in [4.78, 5) is 11.0. The monoisotopic (exact) mass is 332 g/mol. The summed E-state index contributed by atoms with van der Waals surface area (Å²) in [6.45, 7) is 0.709. The number of nitrogens with zero attached hydrogens (tertiary/aromatic N) is 1. The SMILES string of the molecule is O=[N+]([O-])c1ccccc1CC(NCc1ccccc1)c1ccccc1. The van der Waals surface area contributed by atoms with E-state index in [1.165, 1.54) is 5.56 Å². The smallest absolute Gasteiger partial charge is 0.272 e. The molecule has 1 atom stereocenters. The highest BCUT2D eigenvalue weighted by atomic mass is 16.6. The highest BCUT2D eigenvalue weighted by Gasteiger charge is 2.18. The maximum atomic E-state index is 11.3. The van der Waals surface area contributed by atoms with Crippen molar-refractivity contribution in [1.29, 1.82) is 0 Å². The summed E-state index contributed by atoms with van der Waals surface area (Å²) < 4.78 is 0. The Bertz CT molecular complexity index is 820. The molecule has 4 heteroatoms. The standard InChI is InChI=1S/C21H20N2O2/c24-23(25)21-14-8-7-13-19(21)15-20(18-11-5-2-6-12-18)22-16-17-9-3-1-4-10-17/h1-14,20,22H,15-16H2. The van der Waals surface area contributed by atoms with Crippen LogP contribution in [-0.4, -0.2) is 4.92 Å². The van der Waals surface area contributed by atoms with Crippen molar-refractivity contribution in [3.05, 3.63) is 112 Å². The Morgan fingerprint density at radius 1 is 0.840 bits per heavy atom. The third-order valence-electron chi connectivity index (χ3n) is 4.21. The molecular formula is C21H20N2O2. The largest absolute Gasteiger partial charge is 0.306 e. The Kier molecular flexibility index (Phi) is 5.54. The number of nitrogens with one attached hydrogen (secondary N) is 1. The first-order valence-corrected chi connectivity index (χ1v) is 8.28. The number of rotatable bonds is 7. The molecule has 0 spiro atoms. The van der Waals surface area contributed by atoms with Gasteiger partial charge in [0.1, 0.15) is 0 Å². The highest BCUT2D eigenvalue weighted by Crippen LogP contribution is 2.25. The van der Waals surface area contributed by atoms with Gasteiger partial charge in [-0.25, -0.2) is 0 Å². The van der Waals surface area contributed by atoms with E-state index in [1.54, 1.807) is 12.1 Å². The van der Waals surface area contributed by atoms with E-state index in [1.807, 2.05) is 48.5 Å². The Morgan fingerprint density at radius 2 is 1.44 bits per heavy atom. The van der Waals surface area contributed by atoms with Crippen molar-refractivity contribution in [2.45, 2.75) is 19.0 Å². The van der Waals surface area contributed by atoms with Crippen molar-refractivity contribution >= 4 is 5.69 Å². The maximum Gasteiger partial charge on any atom is 0.272 e. The van der Waals surface area contributed by atoms with E-state index in [0.717, 1.165) is 11.1 Å². The predicted octanol–water partition coefficient (Wildman–Crippen LogP) is 4.67. The number of nitro benzene ring substituents is 1. The van der Waals surface area contributed by atoms with Crippen LogP contribution in [0.15, 0.2) is 84.9 Å². The molecule has 0 heterocycles. The number of hydrogen-bond acceptors (Lipinski definition) is 3. The number of para-hydroxylation sites is 1. The molecule has 3 rings (SSSR count). The quantitative estimate of drug-likeness (QED) is 0.505. The summed E-state index contributed by atoms with van der Waals surface area (Å²) in [6, 6.07) is 27.2. The second-order valence-electron chi connectivity index (χ2n) is 5.92. The Morgan fingerprint density at radius 3 is 2.12 bits per heavy atom. The van der Waals surface area contributed by atoms with E-state index in [-0.39, 0.29) is 16.7 Å². The molecule has 0 bridgehead atoms. The normalized spacial score (nSPS) is 11.8. The maximum absolute atomic E-state index is 11.3. The first-order valence-electron chi connectivity index (χ1n) is 8.28. The minimum absolute atomic E-state index is 0.00232. The second kappa shape index (κ2) is 8.22. The van der Waals surface area contributed by atoms with E-state index in [2.05, 4.69) is 29.6 Å². The van der Waals surface area contributed by atoms with Gasteiger partial charge in [0.05, 0.1) is 4.92 Å². The molecule has 4 nitrogen and oxygen atoms in total. The lowest BCUT2D eigenvalue weighted by Crippen LogP contribution is -2.23. The van der Waals surface area contributed by atoms with Gasteiger partial charge in [0.25, 0.3) is 5.69 Å². The van der Waals surface area contributed by atoms with Gasteiger partial charge in [0.15, 0.2) is 0 Å². The van der Waals surface area contributed by atoms with Crippen LogP contribution in [0, 0.1) is 10.1 Å². The molecule has 3 aromatic rings. The van der Waals surface area contributed by atoms with E-state index >= 15 is 0 Å². The van der Waals surface area contributed by atoms with Gasteiger partial charge >= 0.3 is 0 Å². The van der Waals surface area contributed by atoms with Crippen LogP contribution in [0.5, 0.6) is 0 Å². The fourth-order valence-corrected chi connectivity index (χ4v) is 2.91. The molecule has 1 unspecified atom stereocenters. The Balaban J connectivity index is 1.83. The molecule has 126 valence electrons. The van der Waals surface area contributed by atoms with Gasteiger partial charge in [-0.3, -0.25) is 10.1 Å². The zero-order valence-corrected chi connectivity index (χ0v) is 13.8. The fourth-order valence-electron chi connectivity index (χ4n) is 2.91. The first-order chi connectivity index (χ1) is 12.2. The average molecular weight is 332 g/mol. The van der Waals surface area contributed by atoms with Crippen molar-refractivity contribution < 1.29 is 4.92 Å². The lowest BCUT2D eigenvalue weighted by atomic mass is 9.97. The Hall–Kier alpha value is -2.98. The molecule has 3 aromatic carbocycles. The molecule has 0 aromatic heterocycles. The van der Waals surface area contributed by atoms with E-state index in [0.29, 0.717) is 13.0 Å². The first kappa shape index (κ1) is 16.9. The van der Waals surface area contributed by atoms with Gasteiger partial charge in [-0.1, -0.05) is 78.9 Å². The molecule has 0 aliphatic rings. The molecule has 0 saturated carbocycles. The van der Waals surface area contributed by atoms with Gasteiger partial charge in [0.2, 0.25) is 0 Å². The molecule has 0 radical (unpaired) electrons. The summed E-state index contributed by atoms with van der Waals surface area (Å²) in [6.07, 6.45) is 0.563. The summed E-state index contributed by atoms with van der Waals surface area (Å²) in [5.41, 5.74) is 3.22.